The van der Waals surface area contributed by atoms with Crippen LogP contribution in [0.5, 0.6) is 5.75 Å². The lowest BCUT2D eigenvalue weighted by molar-refractivity contribution is 0.0843. The average molecular weight is 472 g/mol. The molecule has 8 heteroatoms. The summed E-state index contributed by atoms with van der Waals surface area (Å²) < 4.78 is 5.93. The lowest BCUT2D eigenvalue weighted by atomic mass is 10.1. The molecule has 1 amide bonds. The van der Waals surface area contributed by atoms with Gasteiger partial charge in [0.2, 0.25) is 0 Å². The van der Waals surface area contributed by atoms with Crippen molar-refractivity contribution in [3.05, 3.63) is 96.6 Å². The first-order valence-corrected chi connectivity index (χ1v) is 11.6. The number of benzene rings is 3. The van der Waals surface area contributed by atoms with Gasteiger partial charge in [-0.05, 0) is 36.4 Å². The molecule has 4 N–H and O–H groups in total. The standard InChI is InChI=1S/C27H29N5O3/c28-27(31-26(34)21-9-2-1-3-10-21)32(15-7-12-22-16-29-19-30-22)17-23(33)18-35-25-14-6-11-20-8-4-5-13-24(20)25/h1-6,8-11,13-14,16,19,23,33H,7,12,15,17-18H2,(H,29,30)(H2,28,31,34). The lowest BCUT2D eigenvalue weighted by Crippen LogP contribution is -2.47. The summed E-state index contributed by atoms with van der Waals surface area (Å²) in [6, 6.07) is 22.5. The molecule has 0 fully saturated rings. The van der Waals surface area contributed by atoms with Crippen LogP contribution in [-0.4, -0.2) is 57.6 Å². The van der Waals surface area contributed by atoms with Gasteiger partial charge in [0, 0.05) is 29.4 Å². The van der Waals surface area contributed by atoms with Crippen molar-refractivity contribution in [2.75, 3.05) is 19.7 Å². The second-order valence-electron chi connectivity index (χ2n) is 8.24. The molecule has 1 atom stereocenters. The van der Waals surface area contributed by atoms with E-state index in [0.717, 1.165) is 22.9 Å². The van der Waals surface area contributed by atoms with Crippen molar-refractivity contribution in [2.24, 2.45) is 0 Å². The number of hydrogen-bond acceptors (Lipinski definition) is 5. The summed E-state index contributed by atoms with van der Waals surface area (Å²) in [6.45, 7) is 0.671. The SMILES string of the molecule is N=C(NC(=O)c1ccccc1)N(CCCc1cnc[nH]1)CC(O)COc1cccc2ccccc12. The number of carbonyl (C=O) groups excluding carboxylic acids is 1. The van der Waals surface area contributed by atoms with Gasteiger partial charge in [0.1, 0.15) is 18.5 Å². The Bertz CT molecular complexity index is 1240. The van der Waals surface area contributed by atoms with Crippen molar-refractivity contribution in [1.29, 1.82) is 5.41 Å². The Morgan fingerprint density at radius 3 is 2.66 bits per heavy atom. The van der Waals surface area contributed by atoms with Crippen molar-refractivity contribution in [3.8, 4) is 5.75 Å². The van der Waals surface area contributed by atoms with Gasteiger partial charge in [-0.1, -0.05) is 54.6 Å². The number of amides is 1. The summed E-state index contributed by atoms with van der Waals surface area (Å²) in [7, 11) is 0. The first-order valence-electron chi connectivity index (χ1n) is 11.6. The van der Waals surface area contributed by atoms with Crippen LogP contribution in [-0.2, 0) is 6.42 Å². The van der Waals surface area contributed by atoms with Gasteiger partial charge < -0.3 is 19.7 Å². The number of fused-ring (bicyclic) bond motifs is 1. The topological polar surface area (TPSA) is 114 Å². The molecule has 1 unspecified atom stereocenters. The summed E-state index contributed by atoms with van der Waals surface area (Å²) in [5, 5.41) is 23.9. The Morgan fingerprint density at radius 1 is 1.09 bits per heavy atom. The average Bonchev–Trinajstić information content (AvgIpc) is 3.41. The van der Waals surface area contributed by atoms with Gasteiger partial charge in [0.05, 0.1) is 12.9 Å². The smallest absolute Gasteiger partial charge is 0.257 e. The quantitative estimate of drug-likeness (QED) is 0.208. The predicted molar refractivity (Wildman–Crippen MR) is 136 cm³/mol. The number of nitrogens with one attached hydrogen (secondary N) is 3. The minimum absolute atomic E-state index is 0.0605. The highest BCUT2D eigenvalue weighted by Crippen LogP contribution is 2.25. The van der Waals surface area contributed by atoms with E-state index < -0.39 is 6.10 Å². The first-order chi connectivity index (χ1) is 17.1. The van der Waals surface area contributed by atoms with Crippen LogP contribution in [0.25, 0.3) is 10.8 Å². The molecular formula is C27H29N5O3. The highest BCUT2D eigenvalue weighted by atomic mass is 16.5. The molecule has 1 heterocycles. The molecular weight excluding hydrogens is 442 g/mol. The van der Waals surface area contributed by atoms with Gasteiger partial charge >= 0.3 is 0 Å². The summed E-state index contributed by atoms with van der Waals surface area (Å²) in [4.78, 5) is 21.3. The molecule has 180 valence electrons. The van der Waals surface area contributed by atoms with Crippen LogP contribution in [0.15, 0.2) is 85.3 Å². The number of carbonyl (C=O) groups is 1. The Balaban J connectivity index is 1.38. The molecule has 4 rings (SSSR count). The molecule has 8 nitrogen and oxygen atoms in total. The Labute approximate surface area is 204 Å². The van der Waals surface area contributed by atoms with Crippen molar-refractivity contribution in [2.45, 2.75) is 18.9 Å². The number of aromatic amines is 1. The van der Waals surface area contributed by atoms with Gasteiger partial charge in [-0.25, -0.2) is 4.98 Å². The van der Waals surface area contributed by atoms with Gasteiger partial charge in [0.25, 0.3) is 5.91 Å². The Morgan fingerprint density at radius 2 is 1.86 bits per heavy atom. The number of guanidine groups is 1. The third-order valence-corrected chi connectivity index (χ3v) is 5.63. The van der Waals surface area contributed by atoms with Crippen LogP contribution in [0.4, 0.5) is 0 Å². The molecule has 1 aromatic heterocycles. The third-order valence-electron chi connectivity index (χ3n) is 5.63. The summed E-state index contributed by atoms with van der Waals surface area (Å²) in [6.07, 6.45) is 3.97. The zero-order valence-electron chi connectivity index (χ0n) is 19.4. The van der Waals surface area contributed by atoms with E-state index >= 15 is 0 Å². The minimum atomic E-state index is -0.866. The first kappa shape index (κ1) is 24.0. The fraction of sp³-hybridized carbons (Fsp3) is 0.222. The monoisotopic (exact) mass is 471 g/mol. The van der Waals surface area contributed by atoms with Gasteiger partial charge in [-0.2, -0.15) is 0 Å². The second kappa shape index (κ2) is 11.8. The van der Waals surface area contributed by atoms with Gasteiger partial charge in [-0.3, -0.25) is 15.5 Å². The molecule has 0 saturated carbocycles. The van der Waals surface area contributed by atoms with Crippen molar-refractivity contribution >= 4 is 22.6 Å². The number of nitrogens with zero attached hydrogens (tertiary/aromatic N) is 2. The van der Waals surface area contributed by atoms with Crippen LogP contribution in [0.1, 0.15) is 22.5 Å². The van der Waals surface area contributed by atoms with Gasteiger partial charge in [-0.15, -0.1) is 0 Å². The number of H-pyrrole nitrogens is 1. The molecule has 0 aliphatic heterocycles. The highest BCUT2D eigenvalue weighted by Gasteiger charge is 2.18. The van der Waals surface area contributed by atoms with Crippen LogP contribution in [0.3, 0.4) is 0 Å². The van der Waals surface area contributed by atoms with E-state index in [1.807, 2.05) is 48.5 Å². The number of hydrogen-bond donors (Lipinski definition) is 4. The number of aliphatic hydroxyl groups is 1. The van der Waals surface area contributed by atoms with E-state index in [-0.39, 0.29) is 25.0 Å². The molecule has 35 heavy (non-hydrogen) atoms. The third kappa shape index (κ3) is 6.68. The molecule has 0 aliphatic rings. The predicted octanol–water partition coefficient (Wildman–Crippen LogP) is 3.60. The van der Waals surface area contributed by atoms with E-state index in [9.17, 15) is 9.90 Å². The maximum Gasteiger partial charge on any atom is 0.257 e. The molecule has 4 aromatic rings. The maximum absolute atomic E-state index is 12.6. The summed E-state index contributed by atoms with van der Waals surface area (Å²) in [5.74, 6) is 0.267. The van der Waals surface area contributed by atoms with Crippen LogP contribution in [0.2, 0.25) is 0 Å². The Kier molecular flexibility index (Phi) is 8.08. The van der Waals surface area contributed by atoms with E-state index in [1.165, 1.54) is 0 Å². The molecule has 3 aromatic carbocycles. The molecule has 0 spiro atoms. The number of rotatable bonds is 10. The largest absolute Gasteiger partial charge is 0.490 e. The second-order valence-corrected chi connectivity index (χ2v) is 8.24. The normalized spacial score (nSPS) is 11.7. The zero-order valence-corrected chi connectivity index (χ0v) is 19.4. The van der Waals surface area contributed by atoms with E-state index in [2.05, 4.69) is 15.3 Å². The number of aliphatic hydroxyl groups excluding tert-OH is 1. The fourth-order valence-electron chi connectivity index (χ4n) is 3.84. The fourth-order valence-corrected chi connectivity index (χ4v) is 3.84. The van der Waals surface area contributed by atoms with Crippen molar-refractivity contribution < 1.29 is 14.6 Å². The molecule has 0 radical (unpaired) electrons. The van der Waals surface area contributed by atoms with E-state index in [0.29, 0.717) is 24.3 Å². The summed E-state index contributed by atoms with van der Waals surface area (Å²) >= 11 is 0. The number of aryl methyl sites for hydroxylation is 1. The highest BCUT2D eigenvalue weighted by molar-refractivity contribution is 6.04. The number of imidazole rings is 1. The number of aromatic nitrogens is 2. The Hall–Kier alpha value is -4.17. The lowest BCUT2D eigenvalue weighted by Gasteiger charge is -2.27. The molecule has 0 saturated heterocycles. The number of ether oxygens (including phenoxy) is 1. The van der Waals surface area contributed by atoms with Crippen molar-refractivity contribution in [3.63, 3.8) is 0 Å². The van der Waals surface area contributed by atoms with Crippen LogP contribution < -0.4 is 10.1 Å². The molecule has 0 aliphatic carbocycles. The minimum Gasteiger partial charge on any atom is -0.490 e. The van der Waals surface area contributed by atoms with E-state index in [4.69, 9.17) is 10.1 Å². The maximum atomic E-state index is 12.6. The summed E-state index contributed by atoms with van der Waals surface area (Å²) in [5.41, 5.74) is 1.46. The van der Waals surface area contributed by atoms with E-state index in [1.54, 1.807) is 41.7 Å². The van der Waals surface area contributed by atoms with Crippen LogP contribution >= 0.6 is 0 Å². The van der Waals surface area contributed by atoms with Gasteiger partial charge in [0.15, 0.2) is 5.96 Å². The van der Waals surface area contributed by atoms with Crippen LogP contribution in [0, 0.1) is 5.41 Å². The molecule has 0 bridgehead atoms. The van der Waals surface area contributed by atoms with Crippen molar-refractivity contribution in [1.82, 2.24) is 20.2 Å². The zero-order chi connectivity index (χ0) is 24.5.